The molecule has 0 saturated heterocycles. The van der Waals surface area contributed by atoms with Crippen LogP contribution in [-0.4, -0.2) is 27.8 Å². The Hall–Kier alpha value is -2.15. The van der Waals surface area contributed by atoms with E-state index < -0.39 is 11.8 Å². The summed E-state index contributed by atoms with van der Waals surface area (Å²) >= 11 is 1.47. The van der Waals surface area contributed by atoms with Gasteiger partial charge in [0.25, 0.3) is 0 Å². The Morgan fingerprint density at radius 2 is 2.29 bits per heavy atom. The predicted octanol–water partition coefficient (Wildman–Crippen LogP) is 3.56. The molecule has 1 heterocycles. The van der Waals surface area contributed by atoms with E-state index in [2.05, 4.69) is 21.3 Å². The maximum Gasteiger partial charge on any atom is 0.338 e. The zero-order chi connectivity index (χ0) is 17.1. The summed E-state index contributed by atoms with van der Waals surface area (Å²) in [5.74, 6) is 0.948. The third-order valence-corrected chi connectivity index (χ3v) is 4.85. The van der Waals surface area contributed by atoms with E-state index in [0.717, 1.165) is 23.8 Å². The number of nitrogens with zero attached hydrogens (tertiary/aromatic N) is 3. The minimum Gasteiger partial charge on any atom is -0.465 e. The summed E-state index contributed by atoms with van der Waals surface area (Å²) in [6.07, 6.45) is 4.10. The number of aromatic nitrogens is 3. The van der Waals surface area contributed by atoms with Crippen molar-refractivity contribution >= 4 is 17.7 Å². The van der Waals surface area contributed by atoms with Crippen LogP contribution in [0.3, 0.4) is 0 Å². The third-order valence-electron chi connectivity index (χ3n) is 3.83. The van der Waals surface area contributed by atoms with Crippen molar-refractivity contribution in [2.24, 2.45) is 0 Å². The first kappa shape index (κ1) is 16.7. The van der Waals surface area contributed by atoms with Gasteiger partial charge in [-0.2, -0.15) is 0 Å². The number of benzene rings is 1. The Labute approximate surface area is 143 Å². The molecule has 1 saturated carbocycles. The maximum absolute atomic E-state index is 13.4. The van der Waals surface area contributed by atoms with E-state index in [1.807, 2.05) is 6.08 Å². The van der Waals surface area contributed by atoms with Crippen molar-refractivity contribution in [1.82, 2.24) is 14.8 Å². The summed E-state index contributed by atoms with van der Waals surface area (Å²) in [6, 6.07) is 4.14. The number of thioether (sulfide) groups is 1. The Bertz CT molecular complexity index is 771. The number of esters is 1. The van der Waals surface area contributed by atoms with E-state index in [1.165, 1.54) is 31.0 Å². The number of allylic oxidation sites excluding steroid dienone is 1. The van der Waals surface area contributed by atoms with Crippen LogP contribution in [-0.2, 0) is 17.0 Å². The molecule has 24 heavy (non-hydrogen) atoms. The van der Waals surface area contributed by atoms with Crippen molar-refractivity contribution in [3.8, 4) is 0 Å². The molecule has 1 aliphatic rings. The Kier molecular flexibility index (Phi) is 4.99. The molecule has 0 aliphatic heterocycles. The first-order valence-electron chi connectivity index (χ1n) is 7.67. The SMILES string of the molecule is C=CCn1c(SCc2ccc(F)cc2C(=O)OC)nnc1C1CC1. The molecular weight excluding hydrogens is 329 g/mol. The fourth-order valence-electron chi connectivity index (χ4n) is 2.47. The minimum absolute atomic E-state index is 0.238. The minimum atomic E-state index is -0.545. The molecule has 1 aliphatic carbocycles. The van der Waals surface area contributed by atoms with Crippen LogP contribution >= 0.6 is 11.8 Å². The molecular formula is C17H18FN3O2S. The van der Waals surface area contributed by atoms with Gasteiger partial charge in [0.15, 0.2) is 5.16 Å². The summed E-state index contributed by atoms with van der Waals surface area (Å²) in [6.45, 7) is 4.43. The van der Waals surface area contributed by atoms with Crippen LogP contribution in [0.25, 0.3) is 0 Å². The highest BCUT2D eigenvalue weighted by Crippen LogP contribution is 2.40. The van der Waals surface area contributed by atoms with Gasteiger partial charge in [0.1, 0.15) is 11.6 Å². The molecule has 0 bridgehead atoms. The molecule has 1 fully saturated rings. The number of halogens is 1. The average Bonchev–Trinajstić information content (AvgIpc) is 3.35. The molecule has 0 amide bonds. The van der Waals surface area contributed by atoms with E-state index in [9.17, 15) is 9.18 Å². The van der Waals surface area contributed by atoms with Crippen LogP contribution in [0, 0.1) is 5.82 Å². The summed E-state index contributed by atoms with van der Waals surface area (Å²) in [5, 5.41) is 9.33. The fourth-order valence-corrected chi connectivity index (χ4v) is 3.43. The summed E-state index contributed by atoms with van der Waals surface area (Å²) in [4.78, 5) is 11.8. The smallest absolute Gasteiger partial charge is 0.338 e. The highest BCUT2D eigenvalue weighted by atomic mass is 32.2. The first-order chi connectivity index (χ1) is 11.6. The number of carbonyl (C=O) groups excluding carboxylic acids is 1. The monoisotopic (exact) mass is 347 g/mol. The second-order valence-electron chi connectivity index (χ2n) is 5.60. The van der Waals surface area contributed by atoms with Gasteiger partial charge < -0.3 is 9.30 Å². The summed E-state index contributed by atoms with van der Waals surface area (Å²) in [5.41, 5.74) is 0.941. The Morgan fingerprint density at radius 3 is 2.96 bits per heavy atom. The topological polar surface area (TPSA) is 57.0 Å². The number of rotatable bonds is 7. The number of carbonyl (C=O) groups is 1. The summed E-state index contributed by atoms with van der Waals surface area (Å²) in [7, 11) is 1.28. The van der Waals surface area contributed by atoms with Gasteiger partial charge in [-0.15, -0.1) is 16.8 Å². The standard InChI is InChI=1S/C17H18FN3O2S/c1-3-8-21-15(11-4-5-11)19-20-17(21)24-10-12-6-7-13(18)9-14(12)16(22)23-2/h3,6-7,9,11H,1,4-5,8,10H2,2H3. The highest BCUT2D eigenvalue weighted by Gasteiger charge is 2.30. The highest BCUT2D eigenvalue weighted by molar-refractivity contribution is 7.98. The van der Waals surface area contributed by atoms with Gasteiger partial charge >= 0.3 is 5.97 Å². The molecule has 0 N–H and O–H groups in total. The first-order valence-corrected chi connectivity index (χ1v) is 8.66. The number of hydrogen-bond acceptors (Lipinski definition) is 5. The van der Waals surface area contributed by atoms with Gasteiger partial charge in [0.2, 0.25) is 0 Å². The zero-order valence-corrected chi connectivity index (χ0v) is 14.2. The molecule has 7 heteroatoms. The lowest BCUT2D eigenvalue weighted by Gasteiger charge is -2.09. The van der Waals surface area contributed by atoms with Gasteiger partial charge in [-0.25, -0.2) is 9.18 Å². The molecule has 5 nitrogen and oxygen atoms in total. The van der Waals surface area contributed by atoms with Crippen molar-refractivity contribution in [2.75, 3.05) is 7.11 Å². The van der Waals surface area contributed by atoms with Crippen LogP contribution in [0.2, 0.25) is 0 Å². The fraction of sp³-hybridized carbons (Fsp3) is 0.353. The van der Waals surface area contributed by atoms with E-state index in [4.69, 9.17) is 4.74 Å². The molecule has 126 valence electrons. The van der Waals surface area contributed by atoms with Gasteiger partial charge in [-0.3, -0.25) is 0 Å². The molecule has 3 rings (SSSR count). The van der Waals surface area contributed by atoms with Crippen molar-refractivity contribution < 1.29 is 13.9 Å². The van der Waals surface area contributed by atoms with Crippen molar-refractivity contribution in [2.45, 2.75) is 36.2 Å². The van der Waals surface area contributed by atoms with Gasteiger partial charge in [-0.05, 0) is 30.5 Å². The normalized spacial score (nSPS) is 13.8. The predicted molar refractivity (Wildman–Crippen MR) is 89.5 cm³/mol. The third kappa shape index (κ3) is 3.51. The van der Waals surface area contributed by atoms with E-state index in [0.29, 0.717) is 23.8 Å². The van der Waals surface area contributed by atoms with Crippen molar-refractivity contribution in [3.05, 3.63) is 53.6 Å². The second-order valence-corrected chi connectivity index (χ2v) is 6.54. The summed E-state index contributed by atoms with van der Waals surface area (Å²) < 4.78 is 20.2. The van der Waals surface area contributed by atoms with Gasteiger partial charge in [-0.1, -0.05) is 23.9 Å². The Morgan fingerprint density at radius 1 is 1.50 bits per heavy atom. The molecule has 1 aromatic carbocycles. The van der Waals surface area contributed by atoms with E-state index in [1.54, 1.807) is 6.07 Å². The van der Waals surface area contributed by atoms with Crippen LogP contribution < -0.4 is 0 Å². The molecule has 0 unspecified atom stereocenters. The largest absolute Gasteiger partial charge is 0.465 e. The van der Waals surface area contributed by atoms with Crippen LogP contribution in [0.1, 0.15) is 40.5 Å². The lowest BCUT2D eigenvalue weighted by atomic mass is 10.1. The number of ether oxygens (including phenoxy) is 1. The van der Waals surface area contributed by atoms with Crippen LogP contribution in [0.15, 0.2) is 36.0 Å². The molecule has 0 atom stereocenters. The van der Waals surface area contributed by atoms with Crippen molar-refractivity contribution in [3.63, 3.8) is 0 Å². The number of methoxy groups -OCH3 is 1. The quantitative estimate of drug-likeness (QED) is 0.435. The Balaban J connectivity index is 1.81. The number of hydrogen-bond donors (Lipinski definition) is 0. The van der Waals surface area contributed by atoms with E-state index >= 15 is 0 Å². The van der Waals surface area contributed by atoms with E-state index in [-0.39, 0.29) is 5.56 Å². The lowest BCUT2D eigenvalue weighted by Crippen LogP contribution is -2.06. The maximum atomic E-state index is 13.4. The molecule has 0 radical (unpaired) electrons. The molecule has 0 spiro atoms. The average molecular weight is 347 g/mol. The van der Waals surface area contributed by atoms with Crippen LogP contribution in [0.5, 0.6) is 0 Å². The lowest BCUT2D eigenvalue weighted by molar-refractivity contribution is 0.0599. The van der Waals surface area contributed by atoms with Gasteiger partial charge in [0, 0.05) is 18.2 Å². The molecule has 1 aromatic heterocycles. The van der Waals surface area contributed by atoms with Gasteiger partial charge in [0.05, 0.1) is 12.7 Å². The second kappa shape index (κ2) is 7.17. The van der Waals surface area contributed by atoms with Crippen molar-refractivity contribution in [1.29, 1.82) is 0 Å². The molecule has 2 aromatic rings. The zero-order valence-electron chi connectivity index (χ0n) is 13.4. The van der Waals surface area contributed by atoms with Crippen LogP contribution in [0.4, 0.5) is 4.39 Å².